The van der Waals surface area contributed by atoms with Crippen LogP contribution in [0.25, 0.3) is 0 Å². The van der Waals surface area contributed by atoms with Gasteiger partial charge in [-0.25, -0.2) is 0 Å². The van der Waals surface area contributed by atoms with Gasteiger partial charge in [0, 0.05) is 0 Å². The number of carbonyl (C=O) groups is 1. The van der Waals surface area contributed by atoms with E-state index in [2.05, 4.69) is 0 Å². The van der Waals surface area contributed by atoms with Gasteiger partial charge in [-0.1, -0.05) is 3.52 Å². The third-order valence-corrected chi connectivity index (χ3v) is 0.597. The average Bonchev–Trinajstić information content (AvgIpc) is 1.31. The zero-order chi connectivity index (χ0) is 6.08. The van der Waals surface area contributed by atoms with E-state index in [1.165, 1.54) is 0 Å². The summed E-state index contributed by atoms with van der Waals surface area (Å²) in [5, 5.41) is 9.62. The smallest absolute Gasteiger partial charge is 0.295 e. The first kappa shape index (κ1) is 7.01. The Balaban J connectivity index is 3.79. The number of quaternary nitrogens is 1. The van der Waals surface area contributed by atoms with Crippen LogP contribution in [-0.2, 0) is 0 Å². The van der Waals surface area contributed by atoms with Crippen LogP contribution in [0.2, 0.25) is 0 Å². The molecule has 7 heavy (non-hydrogen) atoms. The molecule has 5 heteroatoms. The summed E-state index contributed by atoms with van der Waals surface area (Å²) >= 11 is 9.82. The number of amides is 1. The van der Waals surface area contributed by atoms with Gasteiger partial charge in [0.05, 0.1) is 0 Å². The fraction of sp³-hybridized carbons (Fsp3) is 0.500. The molecule has 0 radical (unpaired) electrons. The molecule has 0 aromatic rings. The van der Waals surface area contributed by atoms with Gasteiger partial charge in [-0.15, -0.1) is 0 Å². The Hall–Kier alpha value is 0.01000. The van der Waals surface area contributed by atoms with E-state index in [0.717, 1.165) is 7.05 Å². The van der Waals surface area contributed by atoms with Crippen LogP contribution in [0.1, 0.15) is 0 Å². The maximum Gasteiger partial charge on any atom is 0.295 e. The van der Waals surface area contributed by atoms with E-state index in [4.69, 9.17) is 23.6 Å². The van der Waals surface area contributed by atoms with Crippen molar-refractivity contribution in [1.82, 2.24) is 0 Å². The molecule has 0 aliphatic rings. The van der Waals surface area contributed by atoms with Crippen molar-refractivity contribution in [3.63, 3.8) is 0 Å². The van der Waals surface area contributed by atoms with Crippen LogP contribution in [0, 0.1) is 0 Å². The van der Waals surface area contributed by atoms with Crippen LogP contribution in [-0.4, -0.2) is 16.7 Å². The maximum atomic E-state index is 9.62. The van der Waals surface area contributed by atoms with E-state index < -0.39 is 9.61 Å². The molecule has 0 rings (SSSR count). The number of halogens is 2. The summed E-state index contributed by atoms with van der Waals surface area (Å²) in [7, 11) is 1.07. The molecular formula is C2H3Cl2NO2. The fourth-order valence-corrected chi connectivity index (χ4v) is 0. The zero-order valence-corrected chi connectivity index (χ0v) is 5.03. The summed E-state index contributed by atoms with van der Waals surface area (Å²) < 4.78 is -1.19. The largest absolute Gasteiger partial charge is 0.496 e. The third-order valence-electron chi connectivity index (χ3n) is 0.321. The highest BCUT2D eigenvalue weighted by atomic mass is 35.5. The Labute approximate surface area is 50.9 Å². The van der Waals surface area contributed by atoms with E-state index in [1.807, 2.05) is 0 Å². The molecule has 1 amide bonds. The second-order valence-electron chi connectivity index (χ2n) is 1.06. The van der Waals surface area contributed by atoms with Gasteiger partial charge in [0.15, 0.2) is 23.6 Å². The van der Waals surface area contributed by atoms with Gasteiger partial charge < -0.3 is 9.90 Å². The van der Waals surface area contributed by atoms with Gasteiger partial charge >= 0.3 is 0 Å². The van der Waals surface area contributed by atoms with Gasteiger partial charge in [0.1, 0.15) is 7.05 Å². The predicted octanol–water partition coefficient (Wildman–Crippen LogP) is 0.0839. The first-order chi connectivity index (χ1) is 2.94. The Morgan fingerprint density at radius 2 is 1.86 bits per heavy atom. The van der Waals surface area contributed by atoms with Crippen molar-refractivity contribution in [1.29, 1.82) is 0 Å². The highest BCUT2D eigenvalue weighted by molar-refractivity contribution is 6.28. The number of hydrogen-bond donors (Lipinski definition) is 0. The molecule has 0 saturated heterocycles. The molecule has 0 aromatic heterocycles. The van der Waals surface area contributed by atoms with E-state index in [0.29, 0.717) is 0 Å². The second-order valence-corrected chi connectivity index (χ2v) is 2.59. The molecule has 0 N–H and O–H groups in total. The van der Waals surface area contributed by atoms with Crippen LogP contribution in [0.5, 0.6) is 0 Å². The molecule has 0 unspecified atom stereocenters. The Morgan fingerprint density at radius 3 is 1.86 bits per heavy atom. The summed E-state index contributed by atoms with van der Waals surface area (Å²) in [6, 6.07) is 0. The van der Waals surface area contributed by atoms with E-state index in [9.17, 15) is 9.90 Å². The van der Waals surface area contributed by atoms with Crippen molar-refractivity contribution in [2.24, 2.45) is 0 Å². The minimum absolute atomic E-state index is 1.07. The standard InChI is InChI=1S/C2H3Cl2NO2/c1-5(3,4)2(6)7/h1H3. The molecule has 0 saturated carbocycles. The lowest BCUT2D eigenvalue weighted by Gasteiger charge is -2.09. The summed E-state index contributed by atoms with van der Waals surface area (Å²) in [6.45, 7) is 0. The quantitative estimate of drug-likeness (QED) is 0.451. The highest BCUT2D eigenvalue weighted by Crippen LogP contribution is 2.09. The molecule has 0 bridgehead atoms. The monoisotopic (exact) mass is 143 g/mol. The van der Waals surface area contributed by atoms with Crippen LogP contribution in [0.3, 0.4) is 0 Å². The normalized spacial score (nSPS) is 11.3. The van der Waals surface area contributed by atoms with Crippen LogP contribution in [0.15, 0.2) is 0 Å². The topological polar surface area (TPSA) is 40.1 Å². The molecule has 3 nitrogen and oxygen atoms in total. The second kappa shape index (κ2) is 1.86. The molecule has 0 aromatic carbocycles. The summed E-state index contributed by atoms with van der Waals surface area (Å²) in [5.74, 6) is 0. The van der Waals surface area contributed by atoms with Crippen molar-refractivity contribution in [2.75, 3.05) is 7.05 Å². The van der Waals surface area contributed by atoms with E-state index >= 15 is 0 Å². The third kappa shape index (κ3) is 2.68. The number of hydrogen-bond acceptors (Lipinski definition) is 2. The number of nitrogens with zero attached hydrogens (tertiary/aromatic N) is 1. The van der Waals surface area contributed by atoms with Crippen molar-refractivity contribution >= 4 is 29.6 Å². The van der Waals surface area contributed by atoms with Gasteiger partial charge in [-0.05, 0) is 0 Å². The molecule has 0 aliphatic carbocycles. The Morgan fingerprint density at radius 1 is 1.71 bits per heavy atom. The molecular weight excluding hydrogens is 141 g/mol. The van der Waals surface area contributed by atoms with Gasteiger partial charge in [0.2, 0.25) is 0 Å². The first-order valence-electron chi connectivity index (χ1n) is 1.42. The highest BCUT2D eigenvalue weighted by Gasteiger charge is 2.18. The molecule has 0 spiro atoms. The van der Waals surface area contributed by atoms with Crippen molar-refractivity contribution in [2.45, 2.75) is 0 Å². The molecule has 42 valence electrons. The SMILES string of the molecule is C[N+](Cl)(Cl)C(=O)[O-]. The number of rotatable bonds is 0. The average molecular weight is 144 g/mol. The Bertz CT molecular complexity index is 86.2. The van der Waals surface area contributed by atoms with Crippen LogP contribution in [0.4, 0.5) is 4.79 Å². The lowest BCUT2D eigenvalue weighted by atomic mass is 11.1. The van der Waals surface area contributed by atoms with Crippen molar-refractivity contribution in [3.05, 3.63) is 0 Å². The summed E-state index contributed by atoms with van der Waals surface area (Å²) in [5.41, 5.74) is 0. The minimum atomic E-state index is -1.54. The van der Waals surface area contributed by atoms with Gasteiger partial charge in [0.25, 0.3) is 6.09 Å². The zero-order valence-electron chi connectivity index (χ0n) is 3.52. The van der Waals surface area contributed by atoms with E-state index in [1.54, 1.807) is 0 Å². The Kier molecular flexibility index (Phi) is 1.86. The van der Waals surface area contributed by atoms with Crippen molar-refractivity contribution in [3.8, 4) is 0 Å². The summed E-state index contributed by atoms with van der Waals surface area (Å²) in [4.78, 5) is 9.62. The van der Waals surface area contributed by atoms with Crippen LogP contribution < -0.4 is 5.11 Å². The fourth-order valence-electron chi connectivity index (χ4n) is 0. The molecule has 0 atom stereocenters. The predicted molar refractivity (Wildman–Crippen MR) is 23.3 cm³/mol. The van der Waals surface area contributed by atoms with Gasteiger partial charge in [-0.2, -0.15) is 0 Å². The minimum Gasteiger partial charge on any atom is -0.496 e. The molecule has 0 heterocycles. The lowest BCUT2D eigenvalue weighted by molar-refractivity contribution is -0.625. The van der Waals surface area contributed by atoms with Crippen LogP contribution >= 0.6 is 23.6 Å². The van der Waals surface area contributed by atoms with Crippen molar-refractivity contribution < 1.29 is 13.4 Å². The summed E-state index contributed by atoms with van der Waals surface area (Å²) in [6.07, 6.45) is -1.54. The molecule has 0 aliphatic heterocycles. The molecule has 0 fully saturated rings. The maximum absolute atomic E-state index is 9.62. The number of carbonyl (C=O) groups excluding carboxylic acids is 1. The van der Waals surface area contributed by atoms with Gasteiger partial charge in [-0.3, -0.25) is 0 Å². The lowest BCUT2D eigenvalue weighted by Crippen LogP contribution is -2.41. The first-order valence-corrected chi connectivity index (χ1v) is 2.09. The van der Waals surface area contributed by atoms with E-state index in [-0.39, 0.29) is 0 Å². The number of carboxylic acid groups (broad SMARTS) is 1.